The van der Waals surface area contributed by atoms with Gasteiger partial charge in [0.25, 0.3) is 0 Å². The summed E-state index contributed by atoms with van der Waals surface area (Å²) < 4.78 is 26.7. The molecule has 1 amide bonds. The summed E-state index contributed by atoms with van der Waals surface area (Å²) in [6.07, 6.45) is 5.12. The van der Waals surface area contributed by atoms with Gasteiger partial charge in [-0.3, -0.25) is 4.79 Å². The molecule has 2 unspecified atom stereocenters. The number of hydrogen-bond donors (Lipinski definition) is 3. The van der Waals surface area contributed by atoms with Crippen LogP contribution in [0.25, 0.3) is 0 Å². The molecule has 1 aromatic rings. The van der Waals surface area contributed by atoms with Gasteiger partial charge in [-0.05, 0) is 69.7 Å². The summed E-state index contributed by atoms with van der Waals surface area (Å²) in [6.45, 7) is 3.55. The van der Waals surface area contributed by atoms with Crippen molar-refractivity contribution < 1.29 is 13.2 Å². The van der Waals surface area contributed by atoms with E-state index in [4.69, 9.17) is 0 Å². The number of carbonyl (C=O) groups excluding carboxylic acids is 1. The van der Waals surface area contributed by atoms with Crippen LogP contribution in [0.1, 0.15) is 46.0 Å². The van der Waals surface area contributed by atoms with Crippen molar-refractivity contribution in [2.75, 3.05) is 5.32 Å². The first-order chi connectivity index (χ1) is 11.8. The van der Waals surface area contributed by atoms with Gasteiger partial charge in [0, 0.05) is 30.2 Å². The number of piperidine rings is 1. The summed E-state index contributed by atoms with van der Waals surface area (Å²) in [4.78, 5) is 12.5. The van der Waals surface area contributed by atoms with Crippen molar-refractivity contribution in [2.24, 2.45) is 5.92 Å². The zero-order valence-corrected chi connectivity index (χ0v) is 15.6. The van der Waals surface area contributed by atoms with Crippen LogP contribution in [-0.2, 0) is 14.8 Å². The lowest BCUT2D eigenvalue weighted by Crippen LogP contribution is -2.39. The fourth-order valence-corrected chi connectivity index (χ4v) is 5.16. The minimum Gasteiger partial charge on any atom is -0.326 e. The van der Waals surface area contributed by atoms with Crippen LogP contribution in [0.15, 0.2) is 29.2 Å². The summed E-state index contributed by atoms with van der Waals surface area (Å²) in [7, 11) is -3.50. The number of fused-ring (bicyclic) bond motifs is 2. The minimum absolute atomic E-state index is 0.00205. The van der Waals surface area contributed by atoms with E-state index in [2.05, 4.69) is 15.4 Å². The molecule has 3 rings (SSSR count). The Morgan fingerprint density at radius 3 is 2.32 bits per heavy atom. The van der Waals surface area contributed by atoms with Gasteiger partial charge in [0.1, 0.15) is 0 Å². The highest BCUT2D eigenvalue weighted by atomic mass is 32.2. The van der Waals surface area contributed by atoms with E-state index in [-0.39, 0.29) is 16.8 Å². The predicted octanol–water partition coefficient (Wildman–Crippen LogP) is 2.23. The van der Waals surface area contributed by atoms with Gasteiger partial charge in [0.2, 0.25) is 15.9 Å². The van der Waals surface area contributed by atoms with E-state index in [9.17, 15) is 13.2 Å². The molecule has 3 N–H and O–H groups in total. The van der Waals surface area contributed by atoms with Crippen molar-refractivity contribution in [3.63, 3.8) is 0 Å². The Labute approximate surface area is 149 Å². The first-order valence-corrected chi connectivity index (χ1v) is 10.5. The van der Waals surface area contributed by atoms with Crippen LogP contribution < -0.4 is 15.4 Å². The topological polar surface area (TPSA) is 87.3 Å². The Kier molecular flexibility index (Phi) is 5.46. The third-order valence-corrected chi connectivity index (χ3v) is 6.56. The fourth-order valence-electron chi connectivity index (χ4n) is 3.91. The lowest BCUT2D eigenvalue weighted by molar-refractivity contribution is -0.117. The van der Waals surface area contributed by atoms with Crippen molar-refractivity contribution in [1.82, 2.24) is 10.0 Å². The monoisotopic (exact) mass is 365 g/mol. The van der Waals surface area contributed by atoms with Crippen LogP contribution in [0.4, 0.5) is 5.69 Å². The highest BCUT2D eigenvalue weighted by Gasteiger charge is 2.34. The first kappa shape index (κ1) is 18.4. The van der Waals surface area contributed by atoms with Crippen molar-refractivity contribution >= 4 is 21.6 Å². The van der Waals surface area contributed by atoms with Crippen LogP contribution in [0.3, 0.4) is 0 Å². The first-order valence-electron chi connectivity index (χ1n) is 9.00. The minimum atomic E-state index is -3.50. The van der Waals surface area contributed by atoms with Crippen LogP contribution in [-0.4, -0.2) is 32.5 Å². The standard InChI is InChI=1S/C18H27N3O3S/c1-12(2)21-25(23,24)17-7-5-14(6-8-17)20-18(22)11-13-9-15-3-4-16(10-13)19-15/h5-8,12-13,15-16,19,21H,3-4,9-11H2,1-2H3,(H,20,22). The molecule has 2 atom stereocenters. The number of hydrogen-bond acceptors (Lipinski definition) is 4. The number of sulfonamides is 1. The lowest BCUT2D eigenvalue weighted by Gasteiger charge is -2.28. The molecule has 138 valence electrons. The van der Waals surface area contributed by atoms with E-state index in [0.717, 1.165) is 12.8 Å². The van der Waals surface area contributed by atoms with Crippen molar-refractivity contribution in [1.29, 1.82) is 0 Å². The quantitative estimate of drug-likeness (QED) is 0.721. The van der Waals surface area contributed by atoms with E-state index in [1.807, 2.05) is 0 Å². The number of anilines is 1. The number of carbonyl (C=O) groups is 1. The predicted molar refractivity (Wildman–Crippen MR) is 97.8 cm³/mol. The second-order valence-corrected chi connectivity index (χ2v) is 9.24. The summed E-state index contributed by atoms with van der Waals surface area (Å²) in [5.41, 5.74) is 0.630. The van der Waals surface area contributed by atoms with E-state index in [1.165, 1.54) is 25.0 Å². The second kappa shape index (κ2) is 7.43. The molecule has 7 heteroatoms. The smallest absolute Gasteiger partial charge is 0.240 e. The average Bonchev–Trinajstić information content (AvgIpc) is 2.85. The van der Waals surface area contributed by atoms with Gasteiger partial charge in [0.05, 0.1) is 4.90 Å². The number of benzene rings is 1. The number of nitrogens with one attached hydrogen (secondary N) is 3. The van der Waals surface area contributed by atoms with E-state index < -0.39 is 10.0 Å². The lowest BCUT2D eigenvalue weighted by atomic mass is 9.89. The number of amides is 1. The van der Waals surface area contributed by atoms with Gasteiger partial charge in [-0.1, -0.05) is 0 Å². The van der Waals surface area contributed by atoms with E-state index in [1.54, 1.807) is 26.0 Å². The van der Waals surface area contributed by atoms with Gasteiger partial charge >= 0.3 is 0 Å². The van der Waals surface area contributed by atoms with Gasteiger partial charge in [0.15, 0.2) is 0 Å². The molecule has 6 nitrogen and oxygen atoms in total. The van der Waals surface area contributed by atoms with Crippen molar-refractivity contribution in [3.8, 4) is 0 Å². The average molecular weight is 365 g/mol. The highest BCUT2D eigenvalue weighted by Crippen LogP contribution is 2.32. The molecule has 2 heterocycles. The van der Waals surface area contributed by atoms with E-state index >= 15 is 0 Å². The van der Waals surface area contributed by atoms with Gasteiger partial charge in [-0.25, -0.2) is 13.1 Å². The summed E-state index contributed by atoms with van der Waals surface area (Å²) in [5, 5.41) is 6.47. The summed E-state index contributed by atoms with van der Waals surface area (Å²) in [5.74, 6) is 0.441. The zero-order chi connectivity index (χ0) is 18.0. The third kappa shape index (κ3) is 4.80. The number of rotatable bonds is 6. The maximum Gasteiger partial charge on any atom is 0.240 e. The second-order valence-electron chi connectivity index (χ2n) is 7.53. The molecule has 2 aliphatic rings. The Morgan fingerprint density at radius 2 is 1.76 bits per heavy atom. The van der Waals surface area contributed by atoms with Crippen molar-refractivity contribution in [2.45, 2.75) is 69.0 Å². The maximum absolute atomic E-state index is 12.3. The van der Waals surface area contributed by atoms with Gasteiger partial charge in [-0.2, -0.15) is 0 Å². The molecule has 0 aliphatic carbocycles. The van der Waals surface area contributed by atoms with Crippen LogP contribution >= 0.6 is 0 Å². The molecule has 2 fully saturated rings. The Hall–Kier alpha value is -1.44. The fraction of sp³-hybridized carbons (Fsp3) is 0.611. The van der Waals surface area contributed by atoms with Gasteiger partial charge < -0.3 is 10.6 Å². The normalized spacial score (nSPS) is 26.0. The third-order valence-electron chi connectivity index (χ3n) is 4.88. The Balaban J connectivity index is 1.55. The Morgan fingerprint density at radius 1 is 1.16 bits per heavy atom. The molecule has 2 bridgehead atoms. The molecule has 25 heavy (non-hydrogen) atoms. The molecule has 0 radical (unpaired) electrons. The molecule has 2 aliphatic heterocycles. The molecule has 1 aromatic carbocycles. The SMILES string of the molecule is CC(C)NS(=O)(=O)c1ccc(NC(=O)CC2CC3CCC(C2)N3)cc1. The summed E-state index contributed by atoms with van der Waals surface area (Å²) in [6, 6.07) is 7.31. The zero-order valence-electron chi connectivity index (χ0n) is 14.8. The van der Waals surface area contributed by atoms with Crippen molar-refractivity contribution in [3.05, 3.63) is 24.3 Å². The van der Waals surface area contributed by atoms with Crippen LogP contribution in [0.5, 0.6) is 0 Å². The molecule has 0 aromatic heterocycles. The molecule has 0 spiro atoms. The Bertz CT molecular complexity index is 704. The van der Waals surface area contributed by atoms with Crippen LogP contribution in [0.2, 0.25) is 0 Å². The maximum atomic E-state index is 12.3. The molecule has 2 saturated heterocycles. The van der Waals surface area contributed by atoms with E-state index in [0.29, 0.717) is 30.1 Å². The molecular weight excluding hydrogens is 338 g/mol. The highest BCUT2D eigenvalue weighted by molar-refractivity contribution is 7.89. The molecule has 0 saturated carbocycles. The van der Waals surface area contributed by atoms with Gasteiger partial charge in [-0.15, -0.1) is 0 Å². The molecular formula is C18H27N3O3S. The largest absolute Gasteiger partial charge is 0.326 e. The summed E-state index contributed by atoms with van der Waals surface area (Å²) >= 11 is 0. The van der Waals surface area contributed by atoms with Crippen LogP contribution in [0, 0.1) is 5.92 Å².